The predicted molar refractivity (Wildman–Crippen MR) is 163 cm³/mol. The first kappa shape index (κ1) is 26.6. The number of hydrogen-bond acceptors (Lipinski definition) is 8. The summed E-state index contributed by atoms with van der Waals surface area (Å²) in [7, 11) is 2.12. The normalized spacial score (nSPS) is 23.5. The van der Waals surface area contributed by atoms with Gasteiger partial charge in [0, 0.05) is 42.8 Å². The van der Waals surface area contributed by atoms with E-state index in [2.05, 4.69) is 59.1 Å². The number of ether oxygens (including phenoxy) is 1. The lowest BCUT2D eigenvalue weighted by Gasteiger charge is -2.35. The van der Waals surface area contributed by atoms with E-state index in [0.29, 0.717) is 25.7 Å². The van der Waals surface area contributed by atoms with Crippen molar-refractivity contribution in [2.75, 3.05) is 49.6 Å². The average molecular weight is 572 g/mol. The minimum Gasteiger partial charge on any atom is -0.461 e. The van der Waals surface area contributed by atoms with Gasteiger partial charge in [-0.15, -0.1) is 0 Å². The second-order valence-electron chi connectivity index (χ2n) is 12.4. The van der Waals surface area contributed by atoms with Crippen molar-refractivity contribution >= 4 is 33.9 Å². The number of likely N-dealkylation sites (N-methyl/N-ethyl adjacent to an activating group) is 1. The number of hydrogen-bond donors (Lipinski definition) is 0. The summed E-state index contributed by atoms with van der Waals surface area (Å²) in [6.07, 6.45) is 8.97. The molecule has 0 amide bonds. The quantitative estimate of drug-likeness (QED) is 0.372. The number of benzene rings is 2. The summed E-state index contributed by atoms with van der Waals surface area (Å²) in [6.45, 7) is 7.33. The number of nitriles is 1. The van der Waals surface area contributed by atoms with Crippen LogP contribution in [0, 0.1) is 11.5 Å². The lowest BCUT2D eigenvalue weighted by molar-refractivity contribution is 0.107. The molecule has 0 radical (unpaired) electrons. The van der Waals surface area contributed by atoms with E-state index >= 15 is 0 Å². The van der Waals surface area contributed by atoms with Gasteiger partial charge < -0.3 is 19.4 Å². The largest absolute Gasteiger partial charge is 0.461 e. The summed E-state index contributed by atoms with van der Waals surface area (Å²) in [5, 5.41) is 12.6. The second kappa shape index (κ2) is 10.5. The molecule has 7 rings (SSSR count). The first-order valence-corrected chi connectivity index (χ1v) is 15.4. The Morgan fingerprint density at radius 3 is 2.66 bits per heavy atom. The third-order valence-electron chi connectivity index (χ3n) is 10.0. The van der Waals surface area contributed by atoms with Crippen LogP contribution < -0.4 is 14.5 Å². The monoisotopic (exact) mass is 571 g/mol. The van der Waals surface area contributed by atoms with Crippen molar-refractivity contribution in [3.05, 3.63) is 52.7 Å². The number of likely N-dealkylation sites (tertiary alicyclic amines) is 1. The maximum absolute atomic E-state index is 9.62. The lowest BCUT2D eigenvalue weighted by atomic mass is 9.95. The molecule has 0 spiro atoms. The maximum Gasteiger partial charge on any atom is 0.318 e. The molecule has 2 aromatic carbocycles. The molecule has 3 aromatic rings. The molecule has 0 aliphatic carbocycles. The molecule has 9 heteroatoms. The summed E-state index contributed by atoms with van der Waals surface area (Å²) >= 11 is 6.72. The van der Waals surface area contributed by atoms with Gasteiger partial charge in [0.05, 0.1) is 28.8 Å². The van der Waals surface area contributed by atoms with Gasteiger partial charge in [0.1, 0.15) is 12.4 Å². The van der Waals surface area contributed by atoms with Crippen LogP contribution in [0.4, 0.5) is 11.5 Å². The van der Waals surface area contributed by atoms with E-state index in [-0.39, 0.29) is 17.6 Å². The molecule has 0 bridgehead atoms. The average Bonchev–Trinajstić information content (AvgIpc) is 3.69. The Morgan fingerprint density at radius 2 is 1.90 bits per heavy atom. The highest BCUT2D eigenvalue weighted by Gasteiger charge is 2.45. The van der Waals surface area contributed by atoms with Crippen LogP contribution in [0.2, 0.25) is 5.02 Å². The molecule has 5 heterocycles. The van der Waals surface area contributed by atoms with E-state index in [4.69, 9.17) is 26.3 Å². The Morgan fingerprint density at radius 1 is 1.12 bits per heavy atom. The minimum absolute atomic E-state index is 0.130. The van der Waals surface area contributed by atoms with Gasteiger partial charge >= 0.3 is 6.01 Å². The highest BCUT2D eigenvalue weighted by atomic mass is 35.5. The molecule has 0 N–H and O–H groups in total. The molecule has 4 aliphatic heterocycles. The summed E-state index contributed by atoms with van der Waals surface area (Å²) in [4.78, 5) is 19.3. The zero-order valence-electron chi connectivity index (χ0n) is 24.0. The van der Waals surface area contributed by atoms with E-state index in [9.17, 15) is 5.26 Å². The topological polar surface area (TPSA) is 71.8 Å². The van der Waals surface area contributed by atoms with Crippen molar-refractivity contribution in [2.24, 2.45) is 0 Å². The van der Waals surface area contributed by atoms with Crippen molar-refractivity contribution in [3.63, 3.8) is 0 Å². The highest BCUT2D eigenvalue weighted by molar-refractivity contribution is 6.36. The molecule has 4 aliphatic rings. The molecule has 0 unspecified atom stereocenters. The van der Waals surface area contributed by atoms with E-state index in [0.717, 1.165) is 52.4 Å². The van der Waals surface area contributed by atoms with Gasteiger partial charge in [-0.25, -0.2) is 0 Å². The van der Waals surface area contributed by atoms with Crippen LogP contribution in [0.3, 0.4) is 0 Å². The van der Waals surface area contributed by atoms with Crippen LogP contribution >= 0.6 is 11.6 Å². The van der Waals surface area contributed by atoms with Gasteiger partial charge in [-0.1, -0.05) is 35.9 Å². The number of aromatic nitrogens is 2. The Kier molecular flexibility index (Phi) is 6.83. The smallest absolute Gasteiger partial charge is 0.318 e. The Bertz CT molecular complexity index is 1490. The van der Waals surface area contributed by atoms with E-state index < -0.39 is 0 Å². The zero-order chi connectivity index (χ0) is 28.1. The molecule has 2 atom stereocenters. The van der Waals surface area contributed by atoms with Crippen molar-refractivity contribution in [1.82, 2.24) is 19.8 Å². The molecular formula is C32H38ClN7O. The van der Waals surface area contributed by atoms with Crippen molar-refractivity contribution in [2.45, 2.75) is 69.6 Å². The lowest BCUT2D eigenvalue weighted by Crippen LogP contribution is -2.43. The molecule has 3 saturated heterocycles. The predicted octanol–water partition coefficient (Wildman–Crippen LogP) is 5.23. The van der Waals surface area contributed by atoms with Gasteiger partial charge in [-0.3, -0.25) is 4.90 Å². The van der Waals surface area contributed by atoms with E-state index in [1.165, 1.54) is 44.3 Å². The summed E-state index contributed by atoms with van der Waals surface area (Å²) < 4.78 is 6.51. The van der Waals surface area contributed by atoms with Crippen LogP contribution in [-0.2, 0) is 13.0 Å². The number of anilines is 2. The van der Waals surface area contributed by atoms with Gasteiger partial charge in [0.15, 0.2) is 6.19 Å². The SMILES string of the molecule is C[C@H]1C[C@@H](N(C)c2nc(OCC34CCCN3CCC4)nc3c2CCN(c2cccc4cccc(Cl)c24)C3)CN1C#N. The highest BCUT2D eigenvalue weighted by Crippen LogP contribution is 2.40. The summed E-state index contributed by atoms with van der Waals surface area (Å²) in [5.74, 6) is 0.949. The number of rotatable bonds is 6. The van der Waals surface area contributed by atoms with Gasteiger partial charge in [-0.2, -0.15) is 15.2 Å². The van der Waals surface area contributed by atoms with E-state index in [1.54, 1.807) is 0 Å². The molecule has 41 heavy (non-hydrogen) atoms. The van der Waals surface area contributed by atoms with Gasteiger partial charge in [0.2, 0.25) is 0 Å². The van der Waals surface area contributed by atoms with Crippen LogP contribution in [-0.4, -0.2) is 77.2 Å². The molecule has 3 fully saturated rings. The maximum atomic E-state index is 9.62. The Hall–Kier alpha value is -3.28. The van der Waals surface area contributed by atoms with Crippen LogP contribution in [0.5, 0.6) is 6.01 Å². The fourth-order valence-electron chi connectivity index (χ4n) is 7.75. The number of halogens is 1. The van der Waals surface area contributed by atoms with Crippen LogP contribution in [0.1, 0.15) is 50.3 Å². The van der Waals surface area contributed by atoms with Crippen molar-refractivity contribution < 1.29 is 4.74 Å². The number of nitrogens with zero attached hydrogens (tertiary/aromatic N) is 7. The van der Waals surface area contributed by atoms with Gasteiger partial charge in [0.25, 0.3) is 0 Å². The standard InChI is InChI=1S/C32H38ClN7O/c1-22-17-24(18-39(22)21-34)37(2)30-25-11-16-38(28-10-4-8-23-7-3-9-26(33)29(23)28)19-27(25)35-31(36-30)41-20-32-12-5-14-40(32)15-6-13-32/h3-4,7-10,22,24H,5-6,11-20H2,1-2H3/t22-,24+/m0/s1. The van der Waals surface area contributed by atoms with Gasteiger partial charge in [-0.05, 0) is 76.1 Å². The Balaban J connectivity index is 1.23. The van der Waals surface area contributed by atoms with Crippen molar-refractivity contribution in [1.29, 1.82) is 5.26 Å². The summed E-state index contributed by atoms with van der Waals surface area (Å²) in [6, 6.07) is 13.4. The third kappa shape index (κ3) is 4.64. The van der Waals surface area contributed by atoms with Crippen LogP contribution in [0.15, 0.2) is 36.4 Å². The zero-order valence-corrected chi connectivity index (χ0v) is 24.8. The Labute approximate surface area is 247 Å². The fourth-order valence-corrected chi connectivity index (χ4v) is 8.02. The summed E-state index contributed by atoms with van der Waals surface area (Å²) in [5.41, 5.74) is 3.47. The first-order valence-electron chi connectivity index (χ1n) is 15.0. The minimum atomic E-state index is 0.130. The molecule has 0 saturated carbocycles. The molecule has 1 aromatic heterocycles. The third-order valence-corrected chi connectivity index (χ3v) is 10.4. The second-order valence-corrected chi connectivity index (χ2v) is 12.8. The molecule has 8 nitrogen and oxygen atoms in total. The molecule has 214 valence electrons. The number of fused-ring (bicyclic) bond motifs is 3. The fraction of sp³-hybridized carbons (Fsp3) is 0.531. The molecular weight excluding hydrogens is 534 g/mol. The first-order chi connectivity index (χ1) is 20.0. The van der Waals surface area contributed by atoms with Crippen LogP contribution in [0.25, 0.3) is 10.8 Å². The van der Waals surface area contributed by atoms with Crippen molar-refractivity contribution in [3.8, 4) is 12.2 Å². The van der Waals surface area contributed by atoms with E-state index in [1.807, 2.05) is 17.0 Å².